The summed E-state index contributed by atoms with van der Waals surface area (Å²) in [5, 5.41) is 17.7. The molecular formula is C35H39ClF6N8O3. The quantitative estimate of drug-likeness (QED) is 0.0709. The fraction of sp³-hybridized carbons (Fsp3) is 0.400. The van der Waals surface area contributed by atoms with E-state index in [0.29, 0.717) is 26.8 Å². The number of carbonyl (C=O) groups excluding carboxylic acids is 2. The first-order valence-electron chi connectivity index (χ1n) is 16.2. The molecule has 2 aromatic carbocycles. The van der Waals surface area contributed by atoms with Gasteiger partial charge in [0.1, 0.15) is 12.4 Å². The molecule has 0 spiro atoms. The Morgan fingerprint density at radius 3 is 2.25 bits per heavy atom. The number of guanidine groups is 1. The van der Waals surface area contributed by atoms with Crippen LogP contribution in [0, 0.1) is 10.8 Å². The van der Waals surface area contributed by atoms with E-state index in [2.05, 4.69) is 20.7 Å². The summed E-state index contributed by atoms with van der Waals surface area (Å²) < 4.78 is 87.6. The molecule has 0 bridgehead atoms. The second-order valence-corrected chi connectivity index (χ2v) is 14.2. The van der Waals surface area contributed by atoms with E-state index in [1.807, 2.05) is 20.8 Å². The minimum atomic E-state index is -2.99. The lowest BCUT2D eigenvalue weighted by Crippen LogP contribution is -2.51. The first-order chi connectivity index (χ1) is 24.8. The molecular weight excluding hydrogens is 730 g/mol. The maximum atomic E-state index is 14.4. The van der Waals surface area contributed by atoms with Crippen LogP contribution in [0.2, 0.25) is 5.02 Å². The molecule has 2 aromatic heterocycles. The van der Waals surface area contributed by atoms with Gasteiger partial charge < -0.3 is 15.4 Å². The van der Waals surface area contributed by atoms with E-state index in [0.717, 1.165) is 37.3 Å². The van der Waals surface area contributed by atoms with Crippen molar-refractivity contribution in [3.63, 3.8) is 0 Å². The van der Waals surface area contributed by atoms with Crippen LogP contribution in [0.15, 0.2) is 67.3 Å². The number of rotatable bonds is 13. The highest BCUT2D eigenvalue weighted by Gasteiger charge is 2.35. The average Bonchev–Trinajstić information content (AvgIpc) is 3.77. The summed E-state index contributed by atoms with van der Waals surface area (Å²) in [7, 11) is 0. The Kier molecular flexibility index (Phi) is 12.9. The summed E-state index contributed by atoms with van der Waals surface area (Å²) in [6.07, 6.45) is 0.901. The number of hydrogen-bond donors (Lipinski definition) is 3. The Bertz CT molecular complexity index is 1890. The van der Waals surface area contributed by atoms with E-state index in [4.69, 9.17) is 21.7 Å². The van der Waals surface area contributed by atoms with Crippen LogP contribution >= 0.6 is 11.6 Å². The Balaban J connectivity index is 1.81. The Hall–Kier alpha value is -5.06. The van der Waals surface area contributed by atoms with Crippen LogP contribution in [0.1, 0.15) is 76.1 Å². The fourth-order valence-electron chi connectivity index (χ4n) is 5.01. The van der Waals surface area contributed by atoms with Gasteiger partial charge in [-0.05, 0) is 61.1 Å². The second-order valence-electron chi connectivity index (χ2n) is 13.8. The van der Waals surface area contributed by atoms with Crippen molar-refractivity contribution in [1.29, 1.82) is 5.41 Å². The van der Waals surface area contributed by atoms with Gasteiger partial charge in [0, 0.05) is 41.8 Å². The maximum Gasteiger partial charge on any atom is 0.407 e. The molecule has 11 nitrogen and oxygen atoms in total. The Labute approximate surface area is 306 Å². The van der Waals surface area contributed by atoms with E-state index in [-0.39, 0.29) is 39.5 Å². The molecule has 4 rings (SSSR count). The van der Waals surface area contributed by atoms with Crippen molar-refractivity contribution in [2.24, 2.45) is 5.41 Å². The highest BCUT2D eigenvalue weighted by Crippen LogP contribution is 2.34. The van der Waals surface area contributed by atoms with Gasteiger partial charge in [0.05, 0.1) is 22.8 Å². The van der Waals surface area contributed by atoms with Crippen LogP contribution in [-0.2, 0) is 4.74 Å². The van der Waals surface area contributed by atoms with Gasteiger partial charge in [0.15, 0.2) is 5.96 Å². The predicted octanol–water partition coefficient (Wildman–Crippen LogP) is 8.77. The second kappa shape index (κ2) is 16.7. The molecule has 0 fully saturated rings. The molecule has 286 valence electrons. The molecule has 0 aliphatic carbocycles. The average molecular weight is 769 g/mol. The summed E-state index contributed by atoms with van der Waals surface area (Å²) in [5.74, 6) is -1.44. The molecule has 0 radical (unpaired) electrons. The van der Waals surface area contributed by atoms with Crippen molar-refractivity contribution in [3.05, 3.63) is 83.4 Å². The number of aromatic nitrogens is 4. The number of benzene rings is 2. The number of nitrogens with zero attached hydrogens (tertiary/aromatic N) is 5. The molecule has 4 aromatic rings. The Morgan fingerprint density at radius 1 is 0.981 bits per heavy atom. The number of alkyl carbamates (subject to hydrolysis) is 1. The summed E-state index contributed by atoms with van der Waals surface area (Å²) in [6.45, 7) is 1.77. The van der Waals surface area contributed by atoms with E-state index >= 15 is 0 Å². The number of carbonyl (C=O) groups is 2. The van der Waals surface area contributed by atoms with Gasteiger partial charge in [-0.1, -0.05) is 50.6 Å². The van der Waals surface area contributed by atoms with Gasteiger partial charge in [-0.2, -0.15) is 22.7 Å². The van der Waals surface area contributed by atoms with E-state index in [9.17, 15) is 35.9 Å². The molecule has 0 unspecified atom stereocenters. The van der Waals surface area contributed by atoms with E-state index in [1.54, 1.807) is 0 Å². The SMILES string of the molecule is CC(C)(C)CCNC(=N)N(C(=O)c1ccc(-c2cnn(C(F)F)c2)cc1)[C@H](COC(=O)NC(C)(C)C(F)F)c1ccc(Cl)c(-c2nccn2C(F)F)c1. The van der Waals surface area contributed by atoms with Crippen LogP contribution in [0.5, 0.6) is 0 Å². The van der Waals surface area contributed by atoms with E-state index < -0.39 is 55.7 Å². The van der Waals surface area contributed by atoms with E-state index in [1.165, 1.54) is 48.7 Å². The normalized spacial score (nSPS) is 12.7. The minimum Gasteiger partial charge on any atom is -0.447 e. The lowest BCUT2D eigenvalue weighted by atomic mass is 9.92. The molecule has 3 N–H and O–H groups in total. The molecule has 0 saturated heterocycles. The monoisotopic (exact) mass is 768 g/mol. The molecule has 1 atom stereocenters. The minimum absolute atomic E-state index is 0.0138. The standard InChI is InChI=1S/C35H39ClF6N8O3/c1-34(2,3)12-13-45-32(43)50(28(51)21-8-6-20(7-9-21)23-17-46-49(18-23)31(41)42)26(19-53-33(52)47-35(4,5)29(37)38)22-10-11-25(36)24(16-22)27-44-14-15-48(27)30(39)40/h6-11,14-18,26,29-31H,12-13,19H2,1-5H3,(H2,43,45)(H,47,52)/t26-/m1/s1. The molecule has 53 heavy (non-hydrogen) atoms. The third-order valence-electron chi connectivity index (χ3n) is 8.04. The smallest absolute Gasteiger partial charge is 0.407 e. The number of amides is 2. The summed E-state index contributed by atoms with van der Waals surface area (Å²) in [6, 6.07) is 8.55. The van der Waals surface area contributed by atoms with Crippen molar-refractivity contribution < 1.29 is 40.7 Å². The van der Waals surface area contributed by atoms with Gasteiger partial charge in [-0.3, -0.25) is 19.7 Å². The third-order valence-corrected chi connectivity index (χ3v) is 8.37. The van der Waals surface area contributed by atoms with Crippen molar-refractivity contribution in [1.82, 2.24) is 34.9 Å². The number of imidazole rings is 1. The molecule has 2 heterocycles. The van der Waals surface area contributed by atoms with Crippen LogP contribution in [0.3, 0.4) is 0 Å². The van der Waals surface area contributed by atoms with Crippen molar-refractivity contribution in [2.75, 3.05) is 13.2 Å². The number of nitrogens with one attached hydrogen (secondary N) is 3. The molecule has 0 aliphatic rings. The number of ether oxygens (including phenoxy) is 1. The fourth-order valence-corrected chi connectivity index (χ4v) is 5.21. The zero-order chi connectivity index (χ0) is 39.2. The summed E-state index contributed by atoms with van der Waals surface area (Å²) in [5.41, 5.74) is -1.17. The maximum absolute atomic E-state index is 14.4. The largest absolute Gasteiger partial charge is 0.447 e. The van der Waals surface area contributed by atoms with Crippen molar-refractivity contribution >= 4 is 29.6 Å². The van der Waals surface area contributed by atoms with Gasteiger partial charge in [-0.25, -0.2) is 23.2 Å². The highest BCUT2D eigenvalue weighted by atomic mass is 35.5. The summed E-state index contributed by atoms with van der Waals surface area (Å²) >= 11 is 6.45. The molecule has 0 saturated carbocycles. The van der Waals surface area contributed by atoms with Crippen LogP contribution in [0.4, 0.5) is 31.1 Å². The lowest BCUT2D eigenvalue weighted by molar-refractivity contribution is 0.0402. The first kappa shape index (κ1) is 40.7. The molecule has 18 heteroatoms. The zero-order valence-electron chi connectivity index (χ0n) is 29.4. The lowest BCUT2D eigenvalue weighted by Gasteiger charge is -2.33. The van der Waals surface area contributed by atoms with Crippen LogP contribution in [0.25, 0.3) is 22.5 Å². The number of alkyl halides is 6. The van der Waals surface area contributed by atoms with Crippen LogP contribution < -0.4 is 10.6 Å². The van der Waals surface area contributed by atoms with Crippen LogP contribution in [-0.4, -0.2) is 67.3 Å². The van der Waals surface area contributed by atoms with Gasteiger partial charge >= 0.3 is 19.2 Å². The zero-order valence-corrected chi connectivity index (χ0v) is 30.1. The van der Waals surface area contributed by atoms with Gasteiger partial charge in [0.2, 0.25) is 0 Å². The Morgan fingerprint density at radius 2 is 1.66 bits per heavy atom. The predicted molar refractivity (Wildman–Crippen MR) is 186 cm³/mol. The number of halogens is 7. The first-order valence-corrected chi connectivity index (χ1v) is 16.6. The van der Waals surface area contributed by atoms with Crippen molar-refractivity contribution in [3.8, 4) is 22.5 Å². The molecule has 0 aliphatic heterocycles. The van der Waals surface area contributed by atoms with Gasteiger partial charge in [0.25, 0.3) is 12.3 Å². The number of hydrogen-bond acceptors (Lipinski definition) is 6. The van der Waals surface area contributed by atoms with Gasteiger partial charge in [-0.15, -0.1) is 0 Å². The molecule has 2 amide bonds. The summed E-state index contributed by atoms with van der Waals surface area (Å²) in [4.78, 5) is 32.3. The topological polar surface area (TPSA) is 130 Å². The highest BCUT2D eigenvalue weighted by molar-refractivity contribution is 6.33. The van der Waals surface area contributed by atoms with Crippen molar-refractivity contribution in [2.45, 2.75) is 72.1 Å². The third kappa shape index (κ3) is 10.3.